The van der Waals surface area contributed by atoms with Crippen molar-refractivity contribution in [3.8, 4) is 0 Å². The number of nitrogens with one attached hydrogen (secondary N) is 1. The summed E-state index contributed by atoms with van der Waals surface area (Å²) in [6.45, 7) is 1.63. The molecular weight excluding hydrogens is 346 g/mol. The minimum atomic E-state index is -0.471. The van der Waals surface area contributed by atoms with Crippen molar-refractivity contribution in [1.29, 1.82) is 0 Å². The van der Waals surface area contributed by atoms with Gasteiger partial charge in [0.2, 0.25) is 0 Å². The van der Waals surface area contributed by atoms with E-state index in [0.29, 0.717) is 5.56 Å². The van der Waals surface area contributed by atoms with Crippen molar-refractivity contribution in [3.63, 3.8) is 0 Å². The normalized spacial score (nSPS) is 11.5. The number of benzene rings is 2. The maximum absolute atomic E-state index is 11.9. The molecule has 0 aliphatic carbocycles. The molecule has 2 aromatic rings. The molecule has 0 aliphatic heterocycles. The third-order valence-electron chi connectivity index (χ3n) is 3.08. The van der Waals surface area contributed by atoms with Crippen LogP contribution in [0.1, 0.15) is 28.9 Å². The molecule has 1 atom stereocenters. The Kier molecular flexibility index (Phi) is 5.72. The van der Waals surface area contributed by atoms with Gasteiger partial charge in [-0.2, -0.15) is 0 Å². The van der Waals surface area contributed by atoms with Crippen LogP contribution in [0.2, 0.25) is 0 Å². The predicted molar refractivity (Wildman–Crippen MR) is 87.4 cm³/mol. The van der Waals surface area contributed by atoms with Crippen molar-refractivity contribution in [2.24, 2.45) is 0 Å². The van der Waals surface area contributed by atoms with E-state index in [4.69, 9.17) is 4.74 Å². The first-order valence-electron chi connectivity index (χ1n) is 6.84. The maximum atomic E-state index is 11.9. The first kappa shape index (κ1) is 16.2. The Bertz CT molecular complexity index is 641. The van der Waals surface area contributed by atoms with Crippen LogP contribution in [-0.4, -0.2) is 18.4 Å². The Labute approximate surface area is 137 Å². The number of esters is 1. The molecule has 0 fully saturated rings. The second-order valence-corrected chi connectivity index (χ2v) is 5.65. The Balaban J connectivity index is 1.82. The summed E-state index contributed by atoms with van der Waals surface area (Å²) in [4.78, 5) is 23.7. The molecule has 1 amide bonds. The highest BCUT2D eigenvalue weighted by atomic mass is 79.9. The van der Waals surface area contributed by atoms with E-state index in [0.717, 1.165) is 10.0 Å². The fourth-order valence-electron chi connectivity index (χ4n) is 1.89. The highest BCUT2D eigenvalue weighted by molar-refractivity contribution is 9.10. The zero-order chi connectivity index (χ0) is 15.9. The molecule has 0 radical (unpaired) electrons. The SMILES string of the molecule is C[C@@H](OC(=O)CNC(=O)c1ccc(Br)cc1)c1ccccc1. The molecule has 2 aromatic carbocycles. The predicted octanol–water partition coefficient (Wildman–Crippen LogP) is 3.48. The van der Waals surface area contributed by atoms with E-state index >= 15 is 0 Å². The second kappa shape index (κ2) is 7.75. The first-order chi connectivity index (χ1) is 10.6. The number of carbonyl (C=O) groups is 2. The van der Waals surface area contributed by atoms with E-state index in [-0.39, 0.29) is 18.6 Å². The molecule has 0 unspecified atom stereocenters. The van der Waals surface area contributed by atoms with Crippen LogP contribution in [0.3, 0.4) is 0 Å². The number of halogens is 1. The lowest BCUT2D eigenvalue weighted by molar-refractivity contribution is -0.147. The summed E-state index contributed by atoms with van der Waals surface area (Å²) in [5, 5.41) is 2.55. The van der Waals surface area contributed by atoms with Crippen LogP contribution in [0.4, 0.5) is 0 Å². The maximum Gasteiger partial charge on any atom is 0.326 e. The summed E-state index contributed by atoms with van der Waals surface area (Å²) in [6, 6.07) is 16.3. The van der Waals surface area contributed by atoms with Crippen molar-refractivity contribution < 1.29 is 14.3 Å². The minimum absolute atomic E-state index is 0.161. The largest absolute Gasteiger partial charge is 0.456 e. The molecule has 0 bridgehead atoms. The van der Waals surface area contributed by atoms with Crippen LogP contribution in [0, 0.1) is 0 Å². The van der Waals surface area contributed by atoms with Crippen LogP contribution in [0.15, 0.2) is 59.1 Å². The summed E-state index contributed by atoms with van der Waals surface area (Å²) >= 11 is 3.30. The average Bonchev–Trinajstić information content (AvgIpc) is 2.54. The van der Waals surface area contributed by atoms with Gasteiger partial charge < -0.3 is 10.1 Å². The topological polar surface area (TPSA) is 55.4 Å². The standard InChI is InChI=1S/C17H16BrNO3/c1-12(13-5-3-2-4-6-13)22-16(20)11-19-17(21)14-7-9-15(18)10-8-14/h2-10,12H,11H2,1H3,(H,19,21)/t12-/m1/s1. The Hall–Kier alpha value is -2.14. The van der Waals surface area contributed by atoms with E-state index in [1.165, 1.54) is 0 Å². The van der Waals surface area contributed by atoms with Gasteiger partial charge in [0, 0.05) is 10.0 Å². The molecule has 0 aliphatic rings. The molecule has 0 heterocycles. The molecule has 2 rings (SSSR count). The summed E-state index contributed by atoms with van der Waals surface area (Å²) in [5.74, 6) is -0.779. The zero-order valence-electron chi connectivity index (χ0n) is 12.1. The van der Waals surface area contributed by atoms with Gasteiger partial charge in [-0.25, -0.2) is 0 Å². The number of amides is 1. The first-order valence-corrected chi connectivity index (χ1v) is 7.64. The highest BCUT2D eigenvalue weighted by Crippen LogP contribution is 2.15. The van der Waals surface area contributed by atoms with Crippen LogP contribution in [-0.2, 0) is 9.53 Å². The van der Waals surface area contributed by atoms with E-state index in [1.54, 1.807) is 31.2 Å². The molecule has 0 spiro atoms. The lowest BCUT2D eigenvalue weighted by Crippen LogP contribution is -2.31. The van der Waals surface area contributed by atoms with Crippen LogP contribution < -0.4 is 5.32 Å². The molecule has 4 nitrogen and oxygen atoms in total. The van der Waals surface area contributed by atoms with Gasteiger partial charge in [-0.15, -0.1) is 0 Å². The van der Waals surface area contributed by atoms with Gasteiger partial charge in [-0.1, -0.05) is 46.3 Å². The van der Waals surface area contributed by atoms with Crippen LogP contribution in [0.5, 0.6) is 0 Å². The minimum Gasteiger partial charge on any atom is -0.456 e. The van der Waals surface area contributed by atoms with Gasteiger partial charge in [0.15, 0.2) is 0 Å². The number of carbonyl (C=O) groups excluding carboxylic acids is 2. The summed E-state index contributed by atoms with van der Waals surface area (Å²) in [7, 11) is 0. The lowest BCUT2D eigenvalue weighted by atomic mass is 10.1. The van der Waals surface area contributed by atoms with Crippen molar-refractivity contribution in [3.05, 3.63) is 70.2 Å². The smallest absolute Gasteiger partial charge is 0.326 e. The number of hydrogen-bond acceptors (Lipinski definition) is 3. The monoisotopic (exact) mass is 361 g/mol. The summed E-state index contributed by atoms with van der Waals surface area (Å²) in [5.41, 5.74) is 1.40. The third-order valence-corrected chi connectivity index (χ3v) is 3.61. The average molecular weight is 362 g/mol. The Morgan fingerprint density at radius 2 is 1.73 bits per heavy atom. The third kappa shape index (κ3) is 4.70. The Morgan fingerprint density at radius 3 is 2.36 bits per heavy atom. The zero-order valence-corrected chi connectivity index (χ0v) is 13.7. The number of hydrogen-bond donors (Lipinski definition) is 1. The molecule has 22 heavy (non-hydrogen) atoms. The molecular formula is C17H16BrNO3. The molecule has 0 saturated heterocycles. The van der Waals surface area contributed by atoms with Crippen LogP contribution >= 0.6 is 15.9 Å². The van der Waals surface area contributed by atoms with Crippen molar-refractivity contribution >= 4 is 27.8 Å². The van der Waals surface area contributed by atoms with E-state index in [9.17, 15) is 9.59 Å². The van der Waals surface area contributed by atoms with Gasteiger partial charge in [0.25, 0.3) is 5.91 Å². The number of rotatable bonds is 5. The highest BCUT2D eigenvalue weighted by Gasteiger charge is 2.13. The van der Waals surface area contributed by atoms with E-state index in [1.807, 2.05) is 30.3 Å². The van der Waals surface area contributed by atoms with Gasteiger partial charge in [0.05, 0.1) is 0 Å². The Morgan fingerprint density at radius 1 is 1.09 bits per heavy atom. The molecule has 1 N–H and O–H groups in total. The van der Waals surface area contributed by atoms with Crippen LogP contribution in [0.25, 0.3) is 0 Å². The lowest BCUT2D eigenvalue weighted by Gasteiger charge is -2.13. The second-order valence-electron chi connectivity index (χ2n) is 4.73. The molecule has 114 valence electrons. The molecule has 0 saturated carbocycles. The van der Waals surface area contributed by atoms with Crippen molar-refractivity contribution in [2.75, 3.05) is 6.54 Å². The van der Waals surface area contributed by atoms with Gasteiger partial charge >= 0.3 is 5.97 Å². The molecule has 0 aromatic heterocycles. The van der Waals surface area contributed by atoms with Crippen molar-refractivity contribution in [2.45, 2.75) is 13.0 Å². The van der Waals surface area contributed by atoms with Gasteiger partial charge in [-0.3, -0.25) is 9.59 Å². The number of ether oxygens (including phenoxy) is 1. The quantitative estimate of drug-likeness (QED) is 0.829. The van der Waals surface area contributed by atoms with E-state index < -0.39 is 5.97 Å². The van der Waals surface area contributed by atoms with Gasteiger partial charge in [0.1, 0.15) is 12.6 Å². The molecule has 5 heteroatoms. The summed E-state index contributed by atoms with van der Waals surface area (Å²) < 4.78 is 6.17. The summed E-state index contributed by atoms with van der Waals surface area (Å²) in [6.07, 6.45) is -0.349. The fourth-order valence-corrected chi connectivity index (χ4v) is 2.15. The fraction of sp³-hybridized carbons (Fsp3) is 0.176. The van der Waals surface area contributed by atoms with Crippen molar-refractivity contribution in [1.82, 2.24) is 5.32 Å². The van der Waals surface area contributed by atoms with Gasteiger partial charge in [-0.05, 0) is 36.8 Å². The van der Waals surface area contributed by atoms with E-state index in [2.05, 4.69) is 21.2 Å².